The first-order valence-corrected chi connectivity index (χ1v) is 4.77. The maximum absolute atomic E-state index is 10.4. The van der Waals surface area contributed by atoms with E-state index in [0.29, 0.717) is 6.61 Å². The smallest absolute Gasteiger partial charge is 0.302 e. The van der Waals surface area contributed by atoms with E-state index in [4.69, 9.17) is 14.2 Å². The van der Waals surface area contributed by atoms with E-state index in [1.165, 1.54) is 6.92 Å². The molecule has 0 amide bonds. The molecule has 6 nitrogen and oxygen atoms in total. The monoisotopic (exact) mass is 220 g/mol. The first kappa shape index (κ1) is 12.4. The number of aliphatic hydroxyl groups excluding tert-OH is 1. The lowest BCUT2D eigenvalue weighted by Gasteiger charge is -2.10. The highest BCUT2D eigenvalue weighted by Gasteiger charge is 2.22. The van der Waals surface area contributed by atoms with E-state index in [-0.39, 0.29) is 26.1 Å². The second-order valence-electron chi connectivity index (χ2n) is 3.27. The van der Waals surface area contributed by atoms with Crippen molar-refractivity contribution in [3.63, 3.8) is 0 Å². The summed E-state index contributed by atoms with van der Waals surface area (Å²) in [5.41, 5.74) is 0. The summed E-state index contributed by atoms with van der Waals surface area (Å²) in [5.74, 6) is -0.420. The number of hydrogen-bond donors (Lipinski definition) is 1. The molecule has 0 aliphatic carbocycles. The lowest BCUT2D eigenvalue weighted by atomic mass is 10.4. The van der Waals surface area contributed by atoms with Crippen molar-refractivity contribution >= 4 is 5.97 Å². The number of epoxide rings is 1. The molecule has 0 spiro atoms. The Bertz CT molecular complexity index is 191. The van der Waals surface area contributed by atoms with Gasteiger partial charge in [-0.1, -0.05) is 0 Å². The summed E-state index contributed by atoms with van der Waals surface area (Å²) >= 11 is 0. The van der Waals surface area contributed by atoms with Gasteiger partial charge in [0.05, 0.1) is 19.8 Å². The Labute approximate surface area is 88.1 Å². The Morgan fingerprint density at radius 2 is 2.27 bits per heavy atom. The predicted octanol–water partition coefficient (Wildman–Crippen LogP) is -0.700. The van der Waals surface area contributed by atoms with E-state index in [1.807, 2.05) is 0 Å². The van der Waals surface area contributed by atoms with Crippen LogP contribution in [0.1, 0.15) is 6.92 Å². The van der Waals surface area contributed by atoms with Gasteiger partial charge in [-0.25, -0.2) is 0 Å². The molecule has 2 unspecified atom stereocenters. The van der Waals surface area contributed by atoms with Crippen LogP contribution < -0.4 is 0 Å². The zero-order valence-corrected chi connectivity index (χ0v) is 8.68. The fraction of sp³-hybridized carbons (Fsp3) is 0.889. The third kappa shape index (κ3) is 7.26. The molecule has 0 aromatic carbocycles. The highest BCUT2D eigenvalue weighted by Crippen LogP contribution is 2.08. The van der Waals surface area contributed by atoms with Crippen LogP contribution in [0.5, 0.6) is 0 Å². The maximum atomic E-state index is 10.4. The van der Waals surface area contributed by atoms with Gasteiger partial charge >= 0.3 is 5.97 Å². The number of ether oxygens (including phenoxy) is 4. The fourth-order valence-corrected chi connectivity index (χ4v) is 0.849. The number of esters is 1. The quantitative estimate of drug-likeness (QED) is 0.252. The minimum Gasteiger partial charge on any atom is -0.463 e. The average molecular weight is 220 g/mol. The topological polar surface area (TPSA) is 77.5 Å². The van der Waals surface area contributed by atoms with Crippen molar-refractivity contribution in [1.82, 2.24) is 0 Å². The molecule has 0 aromatic heterocycles. The van der Waals surface area contributed by atoms with Crippen LogP contribution in [0.25, 0.3) is 0 Å². The van der Waals surface area contributed by atoms with E-state index < -0.39 is 12.1 Å². The molecular formula is C9H16O6. The predicted molar refractivity (Wildman–Crippen MR) is 49.2 cm³/mol. The summed E-state index contributed by atoms with van der Waals surface area (Å²) in [6.07, 6.45) is -0.603. The van der Waals surface area contributed by atoms with Gasteiger partial charge < -0.3 is 24.1 Å². The Hall–Kier alpha value is -0.690. The molecule has 1 heterocycles. The SMILES string of the molecule is CC(=O)OCC(O)COCOCC1CO1. The highest BCUT2D eigenvalue weighted by atomic mass is 16.7. The standard InChI is InChI=1S/C9H16O6/c1-7(10)14-3-8(11)2-12-6-13-4-9-5-15-9/h8-9,11H,2-6H2,1H3. The zero-order chi connectivity index (χ0) is 11.1. The molecule has 0 aromatic rings. The molecule has 6 heteroatoms. The Morgan fingerprint density at radius 1 is 1.53 bits per heavy atom. The number of aliphatic hydroxyl groups is 1. The molecular weight excluding hydrogens is 204 g/mol. The van der Waals surface area contributed by atoms with Gasteiger partial charge in [-0.2, -0.15) is 0 Å². The van der Waals surface area contributed by atoms with Gasteiger partial charge in [-0.05, 0) is 0 Å². The Balaban J connectivity index is 1.82. The molecule has 1 aliphatic heterocycles. The van der Waals surface area contributed by atoms with E-state index in [9.17, 15) is 9.90 Å². The van der Waals surface area contributed by atoms with Crippen LogP contribution in [0.15, 0.2) is 0 Å². The van der Waals surface area contributed by atoms with Crippen molar-refractivity contribution in [2.45, 2.75) is 19.1 Å². The highest BCUT2D eigenvalue weighted by molar-refractivity contribution is 5.65. The van der Waals surface area contributed by atoms with E-state index >= 15 is 0 Å². The molecule has 1 rings (SSSR count). The van der Waals surface area contributed by atoms with Crippen LogP contribution in [-0.2, 0) is 23.7 Å². The average Bonchev–Trinajstić information content (AvgIpc) is 2.98. The van der Waals surface area contributed by atoms with Crippen LogP contribution in [0, 0.1) is 0 Å². The summed E-state index contributed by atoms with van der Waals surface area (Å²) in [6, 6.07) is 0. The van der Waals surface area contributed by atoms with Gasteiger partial charge in [-0.3, -0.25) is 4.79 Å². The molecule has 0 radical (unpaired) electrons. The van der Waals surface area contributed by atoms with Crippen LogP contribution in [0.3, 0.4) is 0 Å². The van der Waals surface area contributed by atoms with Crippen LogP contribution in [-0.4, -0.2) is 56.5 Å². The first-order valence-electron chi connectivity index (χ1n) is 4.77. The Morgan fingerprint density at radius 3 is 2.87 bits per heavy atom. The molecule has 15 heavy (non-hydrogen) atoms. The molecule has 1 fully saturated rings. The summed E-state index contributed by atoms with van der Waals surface area (Å²) in [7, 11) is 0. The largest absolute Gasteiger partial charge is 0.463 e. The molecule has 1 N–H and O–H groups in total. The third-order valence-electron chi connectivity index (χ3n) is 1.66. The summed E-state index contributed by atoms with van der Waals surface area (Å²) in [4.78, 5) is 10.4. The fourth-order valence-electron chi connectivity index (χ4n) is 0.849. The number of carbonyl (C=O) groups is 1. The molecule has 0 saturated carbocycles. The molecule has 2 atom stereocenters. The van der Waals surface area contributed by atoms with Gasteiger partial charge in [0.15, 0.2) is 0 Å². The van der Waals surface area contributed by atoms with E-state index in [1.54, 1.807) is 0 Å². The van der Waals surface area contributed by atoms with E-state index in [2.05, 4.69) is 4.74 Å². The summed E-state index contributed by atoms with van der Waals surface area (Å²) in [6.45, 7) is 2.68. The number of carbonyl (C=O) groups excluding carboxylic acids is 1. The van der Waals surface area contributed by atoms with Gasteiger partial charge in [0, 0.05) is 6.92 Å². The van der Waals surface area contributed by atoms with Crippen molar-refractivity contribution in [2.24, 2.45) is 0 Å². The molecule has 0 bridgehead atoms. The van der Waals surface area contributed by atoms with Crippen molar-refractivity contribution in [2.75, 3.05) is 33.2 Å². The van der Waals surface area contributed by atoms with Crippen LogP contribution in [0.4, 0.5) is 0 Å². The van der Waals surface area contributed by atoms with Crippen molar-refractivity contribution in [3.8, 4) is 0 Å². The van der Waals surface area contributed by atoms with Gasteiger partial charge in [0.25, 0.3) is 0 Å². The zero-order valence-electron chi connectivity index (χ0n) is 8.68. The minimum atomic E-state index is -0.810. The number of rotatable bonds is 8. The van der Waals surface area contributed by atoms with Crippen LogP contribution in [0.2, 0.25) is 0 Å². The van der Waals surface area contributed by atoms with Gasteiger partial charge in [0.1, 0.15) is 25.6 Å². The van der Waals surface area contributed by atoms with Gasteiger partial charge in [-0.15, -0.1) is 0 Å². The van der Waals surface area contributed by atoms with Crippen molar-refractivity contribution in [3.05, 3.63) is 0 Å². The summed E-state index contributed by atoms with van der Waals surface area (Å²) in [5, 5.41) is 9.24. The van der Waals surface area contributed by atoms with Crippen LogP contribution >= 0.6 is 0 Å². The first-order chi connectivity index (χ1) is 7.18. The maximum Gasteiger partial charge on any atom is 0.302 e. The van der Waals surface area contributed by atoms with Crippen molar-refractivity contribution in [1.29, 1.82) is 0 Å². The minimum absolute atomic E-state index is 0.0545. The third-order valence-corrected chi connectivity index (χ3v) is 1.66. The lowest BCUT2D eigenvalue weighted by Crippen LogP contribution is -2.23. The van der Waals surface area contributed by atoms with Crippen molar-refractivity contribution < 1.29 is 28.8 Å². The second kappa shape index (κ2) is 6.73. The summed E-state index contributed by atoms with van der Waals surface area (Å²) < 4.78 is 19.5. The van der Waals surface area contributed by atoms with E-state index in [0.717, 1.165) is 6.61 Å². The molecule has 1 saturated heterocycles. The molecule has 88 valence electrons. The lowest BCUT2D eigenvalue weighted by molar-refractivity contribution is -0.146. The second-order valence-corrected chi connectivity index (χ2v) is 3.27. The molecule has 1 aliphatic rings. The Kier molecular flexibility index (Phi) is 5.56. The number of hydrogen-bond acceptors (Lipinski definition) is 6. The van der Waals surface area contributed by atoms with Gasteiger partial charge in [0.2, 0.25) is 0 Å². The normalized spacial score (nSPS) is 21.1.